The highest BCUT2D eigenvalue weighted by molar-refractivity contribution is 9.10. The zero-order valence-corrected chi connectivity index (χ0v) is 8.29. The average Bonchev–Trinajstić information content (AvgIpc) is 2.83. The molecular weight excluding hydrogens is 216 g/mol. The third-order valence-corrected chi connectivity index (χ3v) is 2.93. The third kappa shape index (κ3) is 1.54. The molecule has 2 atom stereocenters. The summed E-state index contributed by atoms with van der Waals surface area (Å²) in [6, 6.07) is 8.34. The monoisotopic (exact) mass is 226 g/mol. The summed E-state index contributed by atoms with van der Waals surface area (Å²) in [5.41, 5.74) is 1.35. The van der Waals surface area contributed by atoms with Crippen molar-refractivity contribution >= 4 is 15.9 Å². The van der Waals surface area contributed by atoms with Crippen LogP contribution < -0.4 is 0 Å². The van der Waals surface area contributed by atoms with E-state index >= 15 is 0 Å². The molecule has 2 heteroatoms. The highest BCUT2D eigenvalue weighted by Gasteiger charge is 2.37. The summed E-state index contributed by atoms with van der Waals surface area (Å²) in [7, 11) is 0. The van der Waals surface area contributed by atoms with Crippen LogP contribution in [0.15, 0.2) is 28.7 Å². The molecule has 1 aromatic carbocycles. The van der Waals surface area contributed by atoms with Gasteiger partial charge in [0.1, 0.15) is 0 Å². The zero-order chi connectivity index (χ0) is 8.55. The van der Waals surface area contributed by atoms with Crippen LogP contribution in [0.3, 0.4) is 0 Å². The van der Waals surface area contributed by atoms with Gasteiger partial charge in [-0.25, -0.2) is 0 Å². The molecule has 0 unspecified atom stereocenters. The Morgan fingerprint density at radius 2 is 2.33 bits per heavy atom. The summed E-state index contributed by atoms with van der Waals surface area (Å²) in [4.78, 5) is 0. The maximum atomic E-state index is 8.90. The first kappa shape index (κ1) is 8.27. The van der Waals surface area contributed by atoms with Gasteiger partial charge >= 0.3 is 0 Å². The second kappa shape index (κ2) is 3.19. The van der Waals surface area contributed by atoms with Crippen LogP contribution in [0.2, 0.25) is 0 Å². The minimum atomic E-state index is 0.331. The number of aliphatic hydroxyl groups is 1. The first-order chi connectivity index (χ1) is 5.81. The van der Waals surface area contributed by atoms with Gasteiger partial charge in [-0.2, -0.15) is 0 Å². The van der Waals surface area contributed by atoms with Gasteiger partial charge in [0, 0.05) is 11.1 Å². The van der Waals surface area contributed by atoms with Crippen LogP contribution in [-0.4, -0.2) is 11.7 Å². The number of halogens is 1. The van der Waals surface area contributed by atoms with E-state index in [2.05, 4.69) is 28.1 Å². The smallest absolute Gasteiger partial charge is 0.0465 e. The Kier molecular flexibility index (Phi) is 2.20. The fraction of sp³-hybridized carbons (Fsp3) is 0.400. The SMILES string of the molecule is OC[C@H]1C[C@H]1c1cccc(Br)c1. The van der Waals surface area contributed by atoms with Crippen LogP contribution in [0.4, 0.5) is 0 Å². The van der Waals surface area contributed by atoms with Crippen molar-refractivity contribution in [1.29, 1.82) is 0 Å². The predicted molar refractivity (Wildman–Crippen MR) is 52.1 cm³/mol. The molecule has 0 bridgehead atoms. The van der Waals surface area contributed by atoms with E-state index in [1.54, 1.807) is 0 Å². The fourth-order valence-corrected chi connectivity index (χ4v) is 2.01. The van der Waals surface area contributed by atoms with E-state index in [1.807, 2.05) is 12.1 Å². The van der Waals surface area contributed by atoms with E-state index in [9.17, 15) is 0 Å². The lowest BCUT2D eigenvalue weighted by Crippen LogP contribution is -1.88. The molecule has 0 heterocycles. The van der Waals surface area contributed by atoms with Gasteiger partial charge in [0.05, 0.1) is 0 Å². The number of benzene rings is 1. The summed E-state index contributed by atoms with van der Waals surface area (Å²) in [5.74, 6) is 1.12. The summed E-state index contributed by atoms with van der Waals surface area (Å²) < 4.78 is 1.13. The van der Waals surface area contributed by atoms with Crippen molar-refractivity contribution in [1.82, 2.24) is 0 Å². The molecule has 12 heavy (non-hydrogen) atoms. The Hall–Kier alpha value is -0.340. The topological polar surface area (TPSA) is 20.2 Å². The number of rotatable bonds is 2. The minimum absolute atomic E-state index is 0.331. The van der Waals surface area contributed by atoms with Crippen LogP contribution in [0.1, 0.15) is 17.9 Å². The molecule has 1 fully saturated rings. The number of hydrogen-bond donors (Lipinski definition) is 1. The highest BCUT2D eigenvalue weighted by Crippen LogP contribution is 2.47. The summed E-state index contributed by atoms with van der Waals surface area (Å²) in [6.07, 6.45) is 1.15. The standard InChI is InChI=1S/C10H11BrO/c11-9-3-1-2-7(4-9)10-5-8(10)6-12/h1-4,8,10,12H,5-6H2/t8-,10+/m1/s1. The van der Waals surface area contributed by atoms with E-state index in [-0.39, 0.29) is 0 Å². The molecule has 2 rings (SSSR count). The molecule has 0 saturated heterocycles. The van der Waals surface area contributed by atoms with Crippen LogP contribution in [0, 0.1) is 5.92 Å². The lowest BCUT2D eigenvalue weighted by molar-refractivity contribution is 0.274. The van der Waals surface area contributed by atoms with Crippen molar-refractivity contribution in [2.24, 2.45) is 5.92 Å². The van der Waals surface area contributed by atoms with Crippen LogP contribution >= 0.6 is 15.9 Å². The molecule has 0 aliphatic heterocycles. The summed E-state index contributed by atoms with van der Waals surface area (Å²) >= 11 is 3.44. The van der Waals surface area contributed by atoms with E-state index in [1.165, 1.54) is 5.56 Å². The molecule has 1 aliphatic rings. The summed E-state index contributed by atoms with van der Waals surface area (Å²) in [5, 5.41) is 8.90. The third-order valence-electron chi connectivity index (χ3n) is 2.43. The van der Waals surface area contributed by atoms with Gasteiger partial charge in [0.15, 0.2) is 0 Å². The van der Waals surface area contributed by atoms with Gasteiger partial charge in [-0.1, -0.05) is 28.1 Å². The van der Waals surface area contributed by atoms with E-state index < -0.39 is 0 Å². The zero-order valence-electron chi connectivity index (χ0n) is 6.70. The Bertz CT molecular complexity index is 285. The Labute approximate surface area is 80.5 Å². The maximum absolute atomic E-state index is 8.90. The molecule has 0 aromatic heterocycles. The molecule has 64 valence electrons. The first-order valence-electron chi connectivity index (χ1n) is 4.17. The normalized spacial score (nSPS) is 27.2. The lowest BCUT2D eigenvalue weighted by atomic mass is 10.1. The molecule has 0 amide bonds. The minimum Gasteiger partial charge on any atom is -0.396 e. The van der Waals surface area contributed by atoms with Crippen LogP contribution in [0.25, 0.3) is 0 Å². The average molecular weight is 227 g/mol. The molecule has 1 nitrogen and oxygen atoms in total. The van der Waals surface area contributed by atoms with E-state index in [0.29, 0.717) is 18.4 Å². The van der Waals surface area contributed by atoms with Crippen molar-refractivity contribution in [3.63, 3.8) is 0 Å². The van der Waals surface area contributed by atoms with Crippen molar-refractivity contribution in [2.75, 3.05) is 6.61 Å². The highest BCUT2D eigenvalue weighted by atomic mass is 79.9. The van der Waals surface area contributed by atoms with Gasteiger partial charge in [-0.05, 0) is 36.0 Å². The van der Waals surface area contributed by atoms with Crippen molar-refractivity contribution in [3.8, 4) is 0 Å². The maximum Gasteiger partial charge on any atom is 0.0465 e. The molecule has 1 N–H and O–H groups in total. The molecule has 1 saturated carbocycles. The second-order valence-electron chi connectivity index (χ2n) is 3.34. The molecule has 0 spiro atoms. The van der Waals surface area contributed by atoms with Gasteiger partial charge in [0.2, 0.25) is 0 Å². The second-order valence-corrected chi connectivity index (χ2v) is 4.26. The quantitative estimate of drug-likeness (QED) is 0.823. The number of hydrogen-bond acceptors (Lipinski definition) is 1. The van der Waals surface area contributed by atoms with Crippen molar-refractivity contribution < 1.29 is 5.11 Å². The van der Waals surface area contributed by atoms with Gasteiger partial charge < -0.3 is 5.11 Å². The Morgan fingerprint density at radius 3 is 2.92 bits per heavy atom. The molecule has 1 aromatic rings. The van der Waals surface area contributed by atoms with Crippen molar-refractivity contribution in [2.45, 2.75) is 12.3 Å². The first-order valence-corrected chi connectivity index (χ1v) is 4.97. The number of aliphatic hydroxyl groups excluding tert-OH is 1. The van der Waals surface area contributed by atoms with Crippen LogP contribution in [-0.2, 0) is 0 Å². The van der Waals surface area contributed by atoms with Crippen LogP contribution in [0.5, 0.6) is 0 Å². The Balaban J connectivity index is 2.14. The Morgan fingerprint density at radius 1 is 1.50 bits per heavy atom. The molecule has 1 aliphatic carbocycles. The predicted octanol–water partition coefficient (Wildman–Crippen LogP) is 2.54. The van der Waals surface area contributed by atoms with Gasteiger partial charge in [-0.15, -0.1) is 0 Å². The largest absolute Gasteiger partial charge is 0.396 e. The van der Waals surface area contributed by atoms with Gasteiger partial charge in [0.25, 0.3) is 0 Å². The fourth-order valence-electron chi connectivity index (χ4n) is 1.59. The van der Waals surface area contributed by atoms with E-state index in [4.69, 9.17) is 5.11 Å². The lowest BCUT2D eigenvalue weighted by Gasteiger charge is -1.98. The molecular formula is C10H11BrO. The van der Waals surface area contributed by atoms with E-state index in [0.717, 1.165) is 10.9 Å². The van der Waals surface area contributed by atoms with Crippen molar-refractivity contribution in [3.05, 3.63) is 34.3 Å². The molecule has 0 radical (unpaired) electrons. The van der Waals surface area contributed by atoms with Gasteiger partial charge in [-0.3, -0.25) is 0 Å². The summed E-state index contributed by atoms with van der Waals surface area (Å²) in [6.45, 7) is 0.331.